The average molecular weight is 328 g/mol. The van der Waals surface area contributed by atoms with E-state index >= 15 is 0 Å². The van der Waals surface area contributed by atoms with Gasteiger partial charge < -0.3 is 9.64 Å². The first-order valence-electron chi connectivity index (χ1n) is 8.19. The Morgan fingerprint density at radius 1 is 1.29 bits per heavy atom. The number of hydrogen-bond donors (Lipinski definition) is 0. The van der Waals surface area contributed by atoms with Crippen molar-refractivity contribution in [2.24, 2.45) is 7.05 Å². The maximum absolute atomic E-state index is 12.1. The van der Waals surface area contributed by atoms with E-state index in [4.69, 9.17) is 4.74 Å². The summed E-state index contributed by atoms with van der Waals surface area (Å²) in [5.74, 6) is 0.928. The van der Waals surface area contributed by atoms with Crippen molar-refractivity contribution in [1.29, 1.82) is 0 Å². The molecule has 1 aromatic heterocycles. The molecule has 0 spiro atoms. The lowest BCUT2D eigenvalue weighted by Gasteiger charge is -2.41. The maximum Gasteiger partial charge on any atom is 0.220 e. The summed E-state index contributed by atoms with van der Waals surface area (Å²) in [6.45, 7) is 4.76. The Morgan fingerprint density at radius 2 is 2.08 bits per heavy atom. The maximum atomic E-state index is 12.1. The van der Waals surface area contributed by atoms with Crippen LogP contribution in [0, 0.1) is 0 Å². The van der Waals surface area contributed by atoms with E-state index in [1.807, 2.05) is 53.2 Å². The Balaban J connectivity index is 1.83. The molecule has 1 aliphatic heterocycles. The van der Waals surface area contributed by atoms with Gasteiger partial charge in [-0.05, 0) is 12.1 Å². The van der Waals surface area contributed by atoms with Gasteiger partial charge in [-0.3, -0.25) is 14.4 Å². The fourth-order valence-electron chi connectivity index (χ4n) is 3.34. The number of nitrogens with zero attached hydrogens (tertiary/aromatic N) is 4. The topological polar surface area (TPSA) is 50.6 Å². The quantitative estimate of drug-likeness (QED) is 0.859. The van der Waals surface area contributed by atoms with Gasteiger partial charge >= 0.3 is 0 Å². The predicted octanol–water partition coefficient (Wildman–Crippen LogP) is 1.83. The van der Waals surface area contributed by atoms with Crippen LogP contribution in [0.1, 0.15) is 24.2 Å². The van der Waals surface area contributed by atoms with Gasteiger partial charge in [0, 0.05) is 51.9 Å². The minimum absolute atomic E-state index is 0.00360. The summed E-state index contributed by atoms with van der Waals surface area (Å²) in [7, 11) is 3.60. The number of methoxy groups -OCH3 is 1. The van der Waals surface area contributed by atoms with Crippen LogP contribution >= 0.6 is 0 Å². The Morgan fingerprint density at radius 3 is 2.75 bits per heavy atom. The highest BCUT2D eigenvalue weighted by Crippen LogP contribution is 2.32. The molecule has 6 nitrogen and oxygen atoms in total. The number of rotatable bonds is 4. The smallest absolute Gasteiger partial charge is 0.220 e. The molecule has 0 aliphatic carbocycles. The van der Waals surface area contributed by atoms with Gasteiger partial charge in [0.1, 0.15) is 5.75 Å². The first kappa shape index (κ1) is 16.5. The van der Waals surface area contributed by atoms with Crippen molar-refractivity contribution in [3.05, 3.63) is 47.8 Å². The molecule has 0 saturated carbocycles. The third kappa shape index (κ3) is 3.43. The highest BCUT2D eigenvalue weighted by Gasteiger charge is 2.31. The normalized spacial score (nSPS) is 18.6. The van der Waals surface area contributed by atoms with Gasteiger partial charge in [-0.25, -0.2) is 0 Å². The minimum atomic E-state index is -0.00360. The second kappa shape index (κ2) is 7.05. The van der Waals surface area contributed by atoms with E-state index in [1.165, 1.54) is 0 Å². The molecule has 6 heteroatoms. The van der Waals surface area contributed by atoms with E-state index in [1.54, 1.807) is 14.0 Å². The number of carbonyl (C=O) groups excluding carboxylic acids is 1. The lowest BCUT2D eigenvalue weighted by atomic mass is 10.0. The number of amides is 1. The van der Waals surface area contributed by atoms with Crippen molar-refractivity contribution in [2.45, 2.75) is 19.5 Å². The van der Waals surface area contributed by atoms with Gasteiger partial charge in [0.15, 0.2) is 0 Å². The molecule has 1 amide bonds. The molecule has 2 heterocycles. The number of aryl methyl sites for hydroxylation is 1. The van der Waals surface area contributed by atoms with E-state index in [9.17, 15) is 4.79 Å². The molecule has 0 N–H and O–H groups in total. The van der Waals surface area contributed by atoms with Crippen LogP contribution in [0.15, 0.2) is 36.5 Å². The Labute approximate surface area is 142 Å². The van der Waals surface area contributed by atoms with E-state index in [0.29, 0.717) is 6.54 Å². The molecule has 1 aromatic carbocycles. The minimum Gasteiger partial charge on any atom is -0.496 e. The number of para-hydroxylation sites is 1. The molecule has 1 atom stereocenters. The predicted molar refractivity (Wildman–Crippen MR) is 91.6 cm³/mol. The van der Waals surface area contributed by atoms with E-state index < -0.39 is 0 Å². The molecule has 1 aliphatic rings. The molecule has 128 valence electrons. The van der Waals surface area contributed by atoms with Crippen LogP contribution in [0.25, 0.3) is 0 Å². The summed E-state index contributed by atoms with van der Waals surface area (Å²) in [4.78, 5) is 16.4. The van der Waals surface area contributed by atoms with Crippen molar-refractivity contribution in [3.8, 4) is 5.75 Å². The first-order valence-corrected chi connectivity index (χ1v) is 8.19. The summed E-state index contributed by atoms with van der Waals surface area (Å²) in [5, 5.41) is 4.46. The summed E-state index contributed by atoms with van der Waals surface area (Å²) in [6.07, 6.45) is 1.96. The number of benzene rings is 1. The van der Waals surface area contributed by atoms with E-state index in [2.05, 4.69) is 10.00 Å². The average Bonchev–Trinajstić information content (AvgIpc) is 2.99. The van der Waals surface area contributed by atoms with Crippen LogP contribution < -0.4 is 4.74 Å². The van der Waals surface area contributed by atoms with Gasteiger partial charge in [0.2, 0.25) is 5.91 Å². The van der Waals surface area contributed by atoms with Crippen LogP contribution in [0.3, 0.4) is 0 Å². The molecule has 1 saturated heterocycles. The molecule has 0 radical (unpaired) electrons. The van der Waals surface area contributed by atoms with Crippen molar-refractivity contribution in [1.82, 2.24) is 19.6 Å². The number of piperazine rings is 1. The summed E-state index contributed by atoms with van der Waals surface area (Å²) in [5.41, 5.74) is 2.11. The van der Waals surface area contributed by atoms with E-state index in [-0.39, 0.29) is 11.9 Å². The molecular formula is C18H24N4O2. The highest BCUT2D eigenvalue weighted by molar-refractivity contribution is 5.74. The summed E-state index contributed by atoms with van der Waals surface area (Å²) < 4.78 is 7.33. The SMILES string of the molecule is COc1ccccc1[C@H]1CN(Cc2ccn(C)n2)CCN1C(C)=O. The number of carbonyl (C=O) groups is 1. The van der Waals surface area contributed by atoms with Gasteiger partial charge in [-0.15, -0.1) is 0 Å². The number of hydrogen-bond acceptors (Lipinski definition) is 4. The van der Waals surface area contributed by atoms with Gasteiger partial charge in [0.25, 0.3) is 0 Å². The van der Waals surface area contributed by atoms with Crippen LogP contribution in [-0.2, 0) is 18.4 Å². The molecular weight excluding hydrogens is 304 g/mol. The third-order valence-corrected chi connectivity index (χ3v) is 4.52. The van der Waals surface area contributed by atoms with Crippen LogP contribution in [0.2, 0.25) is 0 Å². The summed E-state index contributed by atoms with van der Waals surface area (Å²) in [6, 6.07) is 9.98. The van der Waals surface area contributed by atoms with E-state index in [0.717, 1.165) is 36.6 Å². The van der Waals surface area contributed by atoms with Crippen molar-refractivity contribution < 1.29 is 9.53 Å². The second-order valence-corrected chi connectivity index (χ2v) is 6.19. The van der Waals surface area contributed by atoms with Crippen molar-refractivity contribution in [2.75, 3.05) is 26.7 Å². The third-order valence-electron chi connectivity index (χ3n) is 4.52. The summed E-state index contributed by atoms with van der Waals surface area (Å²) >= 11 is 0. The molecule has 24 heavy (non-hydrogen) atoms. The van der Waals surface area contributed by atoms with Gasteiger partial charge in [0.05, 0.1) is 18.8 Å². The zero-order chi connectivity index (χ0) is 17.1. The molecule has 2 aromatic rings. The first-order chi connectivity index (χ1) is 11.6. The molecule has 0 bridgehead atoms. The van der Waals surface area contributed by atoms with Crippen LogP contribution in [0.5, 0.6) is 5.75 Å². The number of aromatic nitrogens is 2. The zero-order valence-corrected chi connectivity index (χ0v) is 14.5. The number of ether oxygens (including phenoxy) is 1. The Kier molecular flexibility index (Phi) is 4.85. The fourth-order valence-corrected chi connectivity index (χ4v) is 3.34. The molecule has 1 fully saturated rings. The molecule has 0 unspecified atom stereocenters. The van der Waals surface area contributed by atoms with Crippen molar-refractivity contribution >= 4 is 5.91 Å². The lowest BCUT2D eigenvalue weighted by molar-refractivity contribution is -0.134. The second-order valence-electron chi connectivity index (χ2n) is 6.19. The monoisotopic (exact) mass is 328 g/mol. The van der Waals surface area contributed by atoms with Crippen LogP contribution in [-0.4, -0.2) is 52.2 Å². The van der Waals surface area contributed by atoms with Gasteiger partial charge in [-0.1, -0.05) is 18.2 Å². The van der Waals surface area contributed by atoms with Gasteiger partial charge in [-0.2, -0.15) is 5.10 Å². The highest BCUT2D eigenvalue weighted by atomic mass is 16.5. The molecule has 3 rings (SSSR count). The Bertz CT molecular complexity index is 713. The zero-order valence-electron chi connectivity index (χ0n) is 14.5. The fraction of sp³-hybridized carbons (Fsp3) is 0.444. The van der Waals surface area contributed by atoms with Crippen LogP contribution in [0.4, 0.5) is 0 Å². The van der Waals surface area contributed by atoms with Crippen molar-refractivity contribution in [3.63, 3.8) is 0 Å². The standard InChI is InChI=1S/C18H24N4O2/c1-14(23)22-11-10-21(12-15-8-9-20(2)19-15)13-17(22)16-6-4-5-7-18(16)24-3/h4-9,17H,10-13H2,1-3H3/t17-/m1/s1. The lowest BCUT2D eigenvalue weighted by Crippen LogP contribution is -2.49. The largest absolute Gasteiger partial charge is 0.496 e. The Hall–Kier alpha value is -2.34.